The number of hydrogen-bond acceptors (Lipinski definition) is 7. The van der Waals surface area contributed by atoms with Crippen LogP contribution in [0.2, 0.25) is 0 Å². The van der Waals surface area contributed by atoms with Crippen LogP contribution >= 0.6 is 0 Å². The molecule has 0 bridgehead atoms. The minimum absolute atomic E-state index is 0.0296. The van der Waals surface area contributed by atoms with Crippen molar-refractivity contribution in [1.29, 1.82) is 0 Å². The van der Waals surface area contributed by atoms with Gasteiger partial charge in [-0.1, -0.05) is 12.1 Å². The molecule has 0 aliphatic carbocycles. The fourth-order valence-corrected chi connectivity index (χ4v) is 3.50. The molecule has 1 aliphatic rings. The van der Waals surface area contributed by atoms with Gasteiger partial charge in [-0.3, -0.25) is 14.8 Å². The monoisotopic (exact) mass is 393 g/mol. The van der Waals surface area contributed by atoms with E-state index < -0.39 is 0 Å². The van der Waals surface area contributed by atoms with Crippen molar-refractivity contribution >= 4 is 5.91 Å². The molecule has 0 spiro atoms. The van der Waals surface area contributed by atoms with Crippen LogP contribution in [0.1, 0.15) is 53.3 Å². The zero-order chi connectivity index (χ0) is 20.2. The summed E-state index contributed by atoms with van der Waals surface area (Å²) in [6.45, 7) is 5.06. The summed E-state index contributed by atoms with van der Waals surface area (Å²) in [5, 5.41) is 3.93. The maximum atomic E-state index is 12.8. The number of piperidine rings is 1. The van der Waals surface area contributed by atoms with Crippen molar-refractivity contribution in [2.45, 2.75) is 39.0 Å². The number of aromatic nitrogens is 4. The summed E-state index contributed by atoms with van der Waals surface area (Å²) < 4.78 is 11.3. The number of carbonyl (C=O) groups is 1. The molecule has 0 saturated carbocycles. The van der Waals surface area contributed by atoms with Crippen LogP contribution in [0.3, 0.4) is 0 Å². The molecule has 0 radical (unpaired) electrons. The van der Waals surface area contributed by atoms with E-state index in [2.05, 4.69) is 20.1 Å². The summed E-state index contributed by atoms with van der Waals surface area (Å²) in [5.74, 6) is 1.27. The van der Waals surface area contributed by atoms with E-state index in [4.69, 9.17) is 9.26 Å². The number of aryl methyl sites for hydroxylation is 2. The molecule has 0 unspecified atom stereocenters. The molecule has 3 aromatic heterocycles. The van der Waals surface area contributed by atoms with Gasteiger partial charge in [0.1, 0.15) is 5.69 Å². The van der Waals surface area contributed by atoms with E-state index in [9.17, 15) is 4.79 Å². The number of rotatable bonds is 5. The normalized spacial score (nSPS) is 16.6. The summed E-state index contributed by atoms with van der Waals surface area (Å²) in [7, 11) is 0. The molecule has 1 aliphatic heterocycles. The lowest BCUT2D eigenvalue weighted by atomic mass is 9.94. The Balaban J connectivity index is 1.54. The molecule has 1 fully saturated rings. The Morgan fingerprint density at radius 2 is 2.14 bits per heavy atom. The van der Waals surface area contributed by atoms with Crippen molar-refractivity contribution in [1.82, 2.24) is 25.0 Å². The summed E-state index contributed by atoms with van der Waals surface area (Å²) in [4.78, 5) is 27.8. The van der Waals surface area contributed by atoms with E-state index >= 15 is 0 Å². The van der Waals surface area contributed by atoms with Crippen molar-refractivity contribution in [3.8, 4) is 11.6 Å². The van der Waals surface area contributed by atoms with Gasteiger partial charge in [-0.2, -0.15) is 0 Å². The summed E-state index contributed by atoms with van der Waals surface area (Å²) in [6, 6.07) is 5.39. The fraction of sp³-hybridized carbons (Fsp3) is 0.381. The van der Waals surface area contributed by atoms with E-state index in [0.717, 1.165) is 36.3 Å². The van der Waals surface area contributed by atoms with Gasteiger partial charge < -0.3 is 14.2 Å². The first kappa shape index (κ1) is 19.0. The second-order valence-corrected chi connectivity index (χ2v) is 7.06. The van der Waals surface area contributed by atoms with Crippen molar-refractivity contribution in [3.05, 3.63) is 59.6 Å². The van der Waals surface area contributed by atoms with Crippen LogP contribution in [0.5, 0.6) is 11.6 Å². The molecule has 150 valence electrons. The van der Waals surface area contributed by atoms with Crippen molar-refractivity contribution in [3.63, 3.8) is 0 Å². The zero-order valence-corrected chi connectivity index (χ0v) is 16.5. The van der Waals surface area contributed by atoms with Gasteiger partial charge in [0.25, 0.3) is 5.91 Å². The second kappa shape index (κ2) is 8.38. The lowest BCUT2D eigenvalue weighted by Crippen LogP contribution is -2.39. The van der Waals surface area contributed by atoms with Crippen LogP contribution in [0.15, 0.2) is 41.3 Å². The van der Waals surface area contributed by atoms with Crippen molar-refractivity contribution < 1.29 is 14.1 Å². The van der Waals surface area contributed by atoms with E-state index in [1.807, 2.05) is 26.0 Å². The average molecular weight is 393 g/mol. The Kier molecular flexibility index (Phi) is 5.50. The lowest BCUT2D eigenvalue weighted by Gasteiger charge is -2.32. The zero-order valence-electron chi connectivity index (χ0n) is 16.5. The average Bonchev–Trinajstić information content (AvgIpc) is 3.25. The third-order valence-corrected chi connectivity index (χ3v) is 5.08. The van der Waals surface area contributed by atoms with E-state index in [1.165, 1.54) is 0 Å². The smallest absolute Gasteiger partial charge is 0.292 e. The number of pyridine rings is 1. The van der Waals surface area contributed by atoms with Crippen LogP contribution in [0.25, 0.3) is 0 Å². The Bertz CT molecular complexity index is 1000. The Morgan fingerprint density at radius 1 is 1.28 bits per heavy atom. The molecule has 1 amide bonds. The van der Waals surface area contributed by atoms with Crippen LogP contribution in [0, 0.1) is 6.92 Å². The highest BCUT2D eigenvalue weighted by atomic mass is 16.5. The molecule has 4 rings (SSSR count). The summed E-state index contributed by atoms with van der Waals surface area (Å²) >= 11 is 0. The lowest BCUT2D eigenvalue weighted by molar-refractivity contribution is 0.0662. The van der Waals surface area contributed by atoms with Gasteiger partial charge in [0.15, 0.2) is 5.75 Å². The third kappa shape index (κ3) is 4.11. The first-order valence-electron chi connectivity index (χ1n) is 9.81. The van der Waals surface area contributed by atoms with Crippen LogP contribution < -0.4 is 4.74 Å². The van der Waals surface area contributed by atoms with E-state index in [1.54, 1.807) is 29.6 Å². The van der Waals surface area contributed by atoms with Crippen LogP contribution in [-0.4, -0.2) is 44.0 Å². The predicted molar refractivity (Wildman–Crippen MR) is 105 cm³/mol. The molecule has 0 N–H and O–H groups in total. The summed E-state index contributed by atoms with van der Waals surface area (Å²) in [5.41, 5.74) is 2.31. The van der Waals surface area contributed by atoms with Gasteiger partial charge in [0.2, 0.25) is 11.6 Å². The molecule has 29 heavy (non-hydrogen) atoms. The first-order valence-corrected chi connectivity index (χ1v) is 9.81. The van der Waals surface area contributed by atoms with Gasteiger partial charge in [-0.25, -0.2) is 4.98 Å². The number of hydrogen-bond donors (Lipinski definition) is 0. The molecule has 4 heterocycles. The molecule has 3 aromatic rings. The molecule has 8 nitrogen and oxygen atoms in total. The maximum absolute atomic E-state index is 12.8. The van der Waals surface area contributed by atoms with Gasteiger partial charge >= 0.3 is 0 Å². The van der Waals surface area contributed by atoms with Crippen molar-refractivity contribution in [2.24, 2.45) is 0 Å². The number of amides is 1. The Hall–Kier alpha value is -3.29. The number of carbonyl (C=O) groups excluding carboxylic acids is 1. The number of nitrogens with zero attached hydrogens (tertiary/aromatic N) is 5. The molecule has 1 saturated heterocycles. The second-order valence-electron chi connectivity index (χ2n) is 7.06. The minimum Gasteiger partial charge on any atom is -0.435 e. The number of likely N-dealkylation sites (tertiary alicyclic amines) is 1. The van der Waals surface area contributed by atoms with E-state index in [-0.39, 0.29) is 17.6 Å². The van der Waals surface area contributed by atoms with Crippen molar-refractivity contribution in [2.75, 3.05) is 13.1 Å². The van der Waals surface area contributed by atoms with Gasteiger partial charge in [0, 0.05) is 43.7 Å². The number of ether oxygens (including phenoxy) is 1. The topological polar surface area (TPSA) is 94.2 Å². The maximum Gasteiger partial charge on any atom is 0.292 e. The molecular formula is C21H23N5O3. The third-order valence-electron chi connectivity index (χ3n) is 5.08. The molecule has 0 aromatic carbocycles. The molecule has 8 heteroatoms. The SMILES string of the molecule is CCc1cc(C(=O)N2CCC[C@H](c3nccnc3Oc3cccnc3C)C2)on1. The summed E-state index contributed by atoms with van der Waals surface area (Å²) in [6.07, 6.45) is 7.49. The fourth-order valence-electron chi connectivity index (χ4n) is 3.50. The first-order chi connectivity index (χ1) is 14.2. The predicted octanol–water partition coefficient (Wildman–Crippen LogP) is 3.54. The minimum atomic E-state index is -0.142. The van der Waals surface area contributed by atoms with Gasteiger partial charge in [-0.15, -0.1) is 0 Å². The largest absolute Gasteiger partial charge is 0.435 e. The highest BCUT2D eigenvalue weighted by molar-refractivity contribution is 5.91. The Morgan fingerprint density at radius 3 is 2.93 bits per heavy atom. The van der Waals surface area contributed by atoms with Gasteiger partial charge in [-0.05, 0) is 38.3 Å². The Labute approximate surface area is 168 Å². The van der Waals surface area contributed by atoms with E-state index in [0.29, 0.717) is 24.7 Å². The standard InChI is InChI=1S/C21H23N5O3/c1-3-16-12-18(29-25-16)21(27)26-11-5-6-15(13-26)19-20(24-10-9-23-19)28-17-7-4-8-22-14(17)2/h4,7-10,12,15H,3,5-6,11,13H2,1-2H3/t15-/m0/s1. The quantitative estimate of drug-likeness (QED) is 0.654. The van der Waals surface area contributed by atoms with Crippen LogP contribution in [-0.2, 0) is 6.42 Å². The highest BCUT2D eigenvalue weighted by Gasteiger charge is 2.30. The highest BCUT2D eigenvalue weighted by Crippen LogP contribution is 2.33. The molecule has 1 atom stereocenters. The van der Waals surface area contributed by atoms with Gasteiger partial charge in [0.05, 0.1) is 11.4 Å². The molecular weight excluding hydrogens is 370 g/mol. The van der Waals surface area contributed by atoms with Crippen LogP contribution in [0.4, 0.5) is 0 Å².